The van der Waals surface area contributed by atoms with Crippen LogP contribution in [0.15, 0.2) is 42.3 Å². The van der Waals surface area contributed by atoms with Crippen molar-refractivity contribution in [3.05, 3.63) is 75.9 Å². The number of hydrogen-bond donors (Lipinski definition) is 0. The van der Waals surface area contributed by atoms with E-state index >= 15 is 4.39 Å². The second kappa shape index (κ2) is 7.07. The molecule has 7 nitrogen and oxygen atoms in total. The maximum absolute atomic E-state index is 16.0. The minimum atomic E-state index is -1.52. The van der Waals surface area contributed by atoms with E-state index in [2.05, 4.69) is 16.0 Å². The Bertz CT molecular complexity index is 1350. The van der Waals surface area contributed by atoms with Gasteiger partial charge in [-0.3, -0.25) is 0 Å². The summed E-state index contributed by atoms with van der Waals surface area (Å²) in [6.07, 6.45) is 2.46. The third-order valence-corrected chi connectivity index (χ3v) is 6.68. The normalized spacial score (nSPS) is 20.7. The van der Waals surface area contributed by atoms with Crippen LogP contribution in [-0.4, -0.2) is 33.4 Å². The van der Waals surface area contributed by atoms with Gasteiger partial charge >= 0.3 is 0 Å². The molecule has 1 saturated heterocycles. The van der Waals surface area contributed by atoms with E-state index in [0.29, 0.717) is 47.9 Å². The number of methoxy groups -OCH3 is 1. The van der Waals surface area contributed by atoms with E-state index in [0.717, 1.165) is 28.5 Å². The van der Waals surface area contributed by atoms with Crippen LogP contribution in [0.1, 0.15) is 46.5 Å². The van der Waals surface area contributed by atoms with Gasteiger partial charge in [-0.2, -0.15) is 10.4 Å². The van der Waals surface area contributed by atoms with E-state index in [-0.39, 0.29) is 12.8 Å². The van der Waals surface area contributed by atoms with Gasteiger partial charge in [-0.05, 0) is 25.1 Å². The number of pyridine rings is 1. The molecule has 4 heterocycles. The Morgan fingerprint density at radius 1 is 1.24 bits per heavy atom. The molecule has 1 aromatic carbocycles. The van der Waals surface area contributed by atoms with E-state index in [1.165, 1.54) is 7.11 Å². The average Bonchev–Trinajstić information content (AvgIpc) is 3.38. The molecule has 1 atom stereocenters. The lowest BCUT2D eigenvalue weighted by Gasteiger charge is -2.41. The number of aryl methyl sites for hydroxylation is 1. The van der Waals surface area contributed by atoms with Gasteiger partial charge in [0.1, 0.15) is 23.2 Å². The van der Waals surface area contributed by atoms with Crippen LogP contribution in [0.25, 0.3) is 11.5 Å². The van der Waals surface area contributed by atoms with Gasteiger partial charge in [-0.1, -0.05) is 12.1 Å². The summed E-state index contributed by atoms with van der Waals surface area (Å²) in [6, 6.07) is 11.4. The molecule has 1 unspecified atom stereocenters. The SMILES string of the molecule is COc1c(C#N)ccc2c1C(N1Cc3cn(-c4cccc(C)n4)nc3C1)=C1CC2(F)CCO1. The van der Waals surface area contributed by atoms with Gasteiger partial charge in [0.25, 0.3) is 0 Å². The van der Waals surface area contributed by atoms with Gasteiger partial charge in [0, 0.05) is 42.4 Å². The highest BCUT2D eigenvalue weighted by Crippen LogP contribution is 2.53. The van der Waals surface area contributed by atoms with Crippen LogP contribution in [0.2, 0.25) is 0 Å². The minimum absolute atomic E-state index is 0.186. The number of alkyl halides is 1. The summed E-state index contributed by atoms with van der Waals surface area (Å²) in [6.45, 7) is 3.42. The number of aromatic nitrogens is 3. The summed E-state index contributed by atoms with van der Waals surface area (Å²) < 4.78 is 29.4. The van der Waals surface area contributed by atoms with Crippen molar-refractivity contribution in [1.82, 2.24) is 19.7 Å². The van der Waals surface area contributed by atoms with Crippen molar-refractivity contribution >= 4 is 5.70 Å². The first kappa shape index (κ1) is 19.8. The van der Waals surface area contributed by atoms with E-state index in [1.807, 2.05) is 31.3 Å². The number of allylic oxidation sites excluding steroid dienone is 1. The first-order valence-corrected chi connectivity index (χ1v) is 10.9. The summed E-state index contributed by atoms with van der Waals surface area (Å²) in [5, 5.41) is 14.4. The number of ether oxygens (including phenoxy) is 2. The van der Waals surface area contributed by atoms with Crippen molar-refractivity contribution in [2.45, 2.75) is 38.5 Å². The zero-order valence-corrected chi connectivity index (χ0v) is 18.4. The molecule has 2 aliphatic heterocycles. The van der Waals surface area contributed by atoms with E-state index in [9.17, 15) is 5.26 Å². The largest absolute Gasteiger partial charge is 0.495 e. The maximum Gasteiger partial charge on any atom is 0.153 e. The van der Waals surface area contributed by atoms with E-state index in [4.69, 9.17) is 14.6 Å². The fourth-order valence-electron chi connectivity index (χ4n) is 5.16. The number of benzene rings is 1. The molecule has 3 aliphatic rings. The van der Waals surface area contributed by atoms with Crippen LogP contribution in [0.3, 0.4) is 0 Å². The van der Waals surface area contributed by atoms with Crippen LogP contribution < -0.4 is 4.74 Å². The average molecular weight is 443 g/mol. The van der Waals surface area contributed by atoms with Crippen LogP contribution >= 0.6 is 0 Å². The number of fused-ring (bicyclic) bond motifs is 5. The fourth-order valence-corrected chi connectivity index (χ4v) is 5.16. The zero-order valence-electron chi connectivity index (χ0n) is 18.4. The summed E-state index contributed by atoms with van der Waals surface area (Å²) in [5.74, 6) is 1.79. The molecule has 6 rings (SSSR count). The minimum Gasteiger partial charge on any atom is -0.495 e. The van der Waals surface area contributed by atoms with E-state index < -0.39 is 5.67 Å². The van der Waals surface area contributed by atoms with Crippen LogP contribution in [0.4, 0.5) is 4.39 Å². The Kier molecular flexibility index (Phi) is 4.24. The summed E-state index contributed by atoms with van der Waals surface area (Å²) in [5.41, 5.74) is 3.80. The second-order valence-corrected chi connectivity index (χ2v) is 8.73. The van der Waals surface area contributed by atoms with Crippen LogP contribution in [-0.2, 0) is 23.5 Å². The third-order valence-electron chi connectivity index (χ3n) is 6.68. The Balaban J connectivity index is 1.43. The van der Waals surface area contributed by atoms with Gasteiger partial charge in [-0.25, -0.2) is 14.1 Å². The second-order valence-electron chi connectivity index (χ2n) is 8.73. The molecule has 0 spiro atoms. The van der Waals surface area contributed by atoms with Gasteiger partial charge in [-0.15, -0.1) is 0 Å². The lowest BCUT2D eigenvalue weighted by molar-refractivity contribution is 0.0269. The van der Waals surface area contributed by atoms with Crippen molar-refractivity contribution in [2.75, 3.05) is 13.7 Å². The highest BCUT2D eigenvalue weighted by atomic mass is 19.1. The Morgan fingerprint density at radius 3 is 2.88 bits per heavy atom. The topological polar surface area (TPSA) is 76.2 Å². The Hall–Kier alpha value is -3.86. The van der Waals surface area contributed by atoms with Crippen molar-refractivity contribution in [1.29, 1.82) is 5.26 Å². The number of nitriles is 1. The highest BCUT2D eigenvalue weighted by Gasteiger charge is 2.47. The summed E-state index contributed by atoms with van der Waals surface area (Å²) >= 11 is 0. The molecule has 166 valence electrons. The highest BCUT2D eigenvalue weighted by molar-refractivity contribution is 5.79. The van der Waals surface area contributed by atoms with Gasteiger partial charge in [0.2, 0.25) is 0 Å². The number of hydrogen-bond acceptors (Lipinski definition) is 6. The number of rotatable bonds is 3. The fraction of sp³-hybridized carbons (Fsp3) is 0.320. The number of nitrogens with zero attached hydrogens (tertiary/aromatic N) is 5. The summed E-state index contributed by atoms with van der Waals surface area (Å²) in [4.78, 5) is 6.70. The third kappa shape index (κ3) is 2.92. The molecular weight excluding hydrogens is 421 g/mol. The summed E-state index contributed by atoms with van der Waals surface area (Å²) in [7, 11) is 1.52. The van der Waals surface area contributed by atoms with Crippen molar-refractivity contribution < 1.29 is 13.9 Å². The molecule has 2 aromatic heterocycles. The van der Waals surface area contributed by atoms with Crippen molar-refractivity contribution in [3.8, 4) is 17.6 Å². The quantitative estimate of drug-likeness (QED) is 0.606. The Morgan fingerprint density at radius 2 is 2.12 bits per heavy atom. The van der Waals surface area contributed by atoms with Crippen LogP contribution in [0, 0.1) is 18.3 Å². The molecule has 3 aromatic rings. The molecule has 0 amide bonds. The van der Waals surface area contributed by atoms with Crippen molar-refractivity contribution in [2.24, 2.45) is 0 Å². The molecule has 2 bridgehead atoms. The maximum atomic E-state index is 16.0. The molecule has 8 heteroatoms. The molecule has 1 fully saturated rings. The van der Waals surface area contributed by atoms with E-state index in [1.54, 1.807) is 16.8 Å². The first-order chi connectivity index (χ1) is 16.0. The first-order valence-electron chi connectivity index (χ1n) is 10.9. The Labute approximate surface area is 190 Å². The molecule has 33 heavy (non-hydrogen) atoms. The molecule has 0 N–H and O–H groups in total. The predicted molar refractivity (Wildman–Crippen MR) is 118 cm³/mol. The van der Waals surface area contributed by atoms with Gasteiger partial charge in [0.15, 0.2) is 5.82 Å². The molecular formula is C25H22FN5O2. The van der Waals surface area contributed by atoms with Gasteiger partial charge < -0.3 is 14.4 Å². The van der Waals surface area contributed by atoms with Gasteiger partial charge in [0.05, 0.1) is 42.8 Å². The predicted octanol–water partition coefficient (Wildman–Crippen LogP) is 4.13. The standard InChI is InChI=1S/C25H22FN5O2/c1-15-4-3-5-21(28-15)31-13-17-12-30(14-19(17)29-31)23-20-10-25(26,8-9-33-20)18-7-6-16(11-27)24(32-2)22(18)23/h3-7,13H,8-10,12,14H2,1-2H3. The lowest BCUT2D eigenvalue weighted by atomic mass is 9.77. The molecule has 0 radical (unpaired) electrons. The monoisotopic (exact) mass is 443 g/mol. The smallest absolute Gasteiger partial charge is 0.153 e. The lowest BCUT2D eigenvalue weighted by Crippen LogP contribution is -2.36. The van der Waals surface area contributed by atoms with Crippen LogP contribution in [0.5, 0.6) is 5.75 Å². The van der Waals surface area contributed by atoms with Crippen molar-refractivity contribution in [3.63, 3.8) is 0 Å². The molecule has 0 saturated carbocycles. The number of halogens is 1. The molecule has 1 aliphatic carbocycles. The zero-order chi connectivity index (χ0) is 22.7.